The number of sulfonamides is 1. The molecule has 1 aromatic rings. The van der Waals surface area contributed by atoms with Gasteiger partial charge in [0.05, 0.1) is 6.26 Å². The first-order valence-corrected chi connectivity index (χ1v) is 10.5. The fourth-order valence-corrected chi connectivity index (χ4v) is 4.39. The molecule has 1 saturated carbocycles. The van der Waals surface area contributed by atoms with Crippen LogP contribution in [0.15, 0.2) is 12.4 Å². The number of carbonyl (C=O) groups excluding carboxylic acids is 1. The number of piperidine rings is 1. The lowest BCUT2D eigenvalue weighted by atomic mass is 9.78. The van der Waals surface area contributed by atoms with Crippen LogP contribution in [0.2, 0.25) is 0 Å². The monoisotopic (exact) mass is 367 g/mol. The second-order valence-corrected chi connectivity index (χ2v) is 8.80. The highest BCUT2D eigenvalue weighted by Crippen LogP contribution is 2.36. The summed E-state index contributed by atoms with van der Waals surface area (Å²) in [5.74, 6) is 1.27. The summed E-state index contributed by atoms with van der Waals surface area (Å²) in [6.45, 7) is 3.07. The SMILES string of the molecule is CC(=O)NC1CC(c2cc(N3CCC(NS(C)(=O)=O)CC3)ncn2)C1. The van der Waals surface area contributed by atoms with E-state index >= 15 is 0 Å². The zero-order chi connectivity index (χ0) is 18.0. The molecule has 2 heterocycles. The largest absolute Gasteiger partial charge is 0.356 e. The molecule has 0 aromatic carbocycles. The second-order valence-electron chi connectivity index (χ2n) is 7.02. The molecule has 1 aliphatic carbocycles. The molecule has 1 aromatic heterocycles. The Morgan fingerprint density at radius 3 is 2.48 bits per heavy atom. The first kappa shape index (κ1) is 18.1. The van der Waals surface area contributed by atoms with Crippen LogP contribution in [-0.4, -0.2) is 55.7 Å². The molecule has 25 heavy (non-hydrogen) atoms. The quantitative estimate of drug-likeness (QED) is 0.779. The maximum absolute atomic E-state index is 11.3. The summed E-state index contributed by atoms with van der Waals surface area (Å²) in [4.78, 5) is 22.0. The van der Waals surface area contributed by atoms with Crippen LogP contribution >= 0.6 is 0 Å². The third-order valence-electron chi connectivity index (χ3n) is 4.84. The first-order chi connectivity index (χ1) is 11.8. The first-order valence-electron chi connectivity index (χ1n) is 8.61. The van der Waals surface area contributed by atoms with Crippen molar-refractivity contribution in [3.8, 4) is 0 Å². The summed E-state index contributed by atoms with van der Waals surface area (Å²) in [6, 6.07) is 2.27. The van der Waals surface area contributed by atoms with Crippen molar-refractivity contribution in [3.05, 3.63) is 18.1 Å². The van der Waals surface area contributed by atoms with E-state index in [-0.39, 0.29) is 18.0 Å². The van der Waals surface area contributed by atoms with Crippen LogP contribution in [0.5, 0.6) is 0 Å². The maximum atomic E-state index is 11.3. The van der Waals surface area contributed by atoms with Crippen LogP contribution < -0.4 is 14.9 Å². The number of carbonyl (C=O) groups is 1. The molecule has 138 valence electrons. The van der Waals surface area contributed by atoms with Crippen LogP contribution in [0.3, 0.4) is 0 Å². The van der Waals surface area contributed by atoms with E-state index in [2.05, 4.69) is 24.9 Å². The molecule has 2 aliphatic rings. The predicted octanol–water partition coefficient (Wildman–Crippen LogP) is 0.377. The molecule has 0 unspecified atom stereocenters. The maximum Gasteiger partial charge on any atom is 0.217 e. The van der Waals surface area contributed by atoms with Gasteiger partial charge >= 0.3 is 0 Å². The lowest BCUT2D eigenvalue weighted by Gasteiger charge is -2.36. The van der Waals surface area contributed by atoms with Crippen molar-refractivity contribution in [2.24, 2.45) is 0 Å². The fourth-order valence-electron chi connectivity index (χ4n) is 3.55. The van der Waals surface area contributed by atoms with Gasteiger partial charge < -0.3 is 10.2 Å². The molecule has 1 aliphatic heterocycles. The van der Waals surface area contributed by atoms with E-state index in [9.17, 15) is 13.2 Å². The van der Waals surface area contributed by atoms with E-state index in [0.717, 1.165) is 50.3 Å². The van der Waals surface area contributed by atoms with Crippen LogP contribution in [0.4, 0.5) is 5.82 Å². The van der Waals surface area contributed by atoms with Crippen molar-refractivity contribution in [3.63, 3.8) is 0 Å². The van der Waals surface area contributed by atoms with Gasteiger partial charge in [0.25, 0.3) is 0 Å². The van der Waals surface area contributed by atoms with Crippen LogP contribution in [0.1, 0.15) is 44.2 Å². The minimum Gasteiger partial charge on any atom is -0.356 e. The lowest BCUT2D eigenvalue weighted by Crippen LogP contribution is -2.44. The van der Waals surface area contributed by atoms with Gasteiger partial charge in [0, 0.05) is 49.8 Å². The second kappa shape index (κ2) is 7.25. The molecule has 1 amide bonds. The Balaban J connectivity index is 1.55. The Hall–Kier alpha value is -1.74. The fraction of sp³-hybridized carbons (Fsp3) is 0.688. The highest BCUT2D eigenvalue weighted by atomic mass is 32.2. The van der Waals surface area contributed by atoms with Crippen LogP contribution in [0.25, 0.3) is 0 Å². The van der Waals surface area contributed by atoms with Gasteiger partial charge in [-0.05, 0) is 25.7 Å². The number of nitrogens with one attached hydrogen (secondary N) is 2. The lowest BCUT2D eigenvalue weighted by molar-refractivity contribution is -0.120. The summed E-state index contributed by atoms with van der Waals surface area (Å²) < 4.78 is 25.3. The highest BCUT2D eigenvalue weighted by Gasteiger charge is 2.32. The van der Waals surface area contributed by atoms with Crippen molar-refractivity contribution in [2.75, 3.05) is 24.2 Å². The Morgan fingerprint density at radius 1 is 1.20 bits per heavy atom. The Kier molecular flexibility index (Phi) is 5.24. The van der Waals surface area contributed by atoms with Crippen molar-refractivity contribution in [1.82, 2.24) is 20.0 Å². The number of anilines is 1. The average Bonchev–Trinajstić information content (AvgIpc) is 2.49. The van der Waals surface area contributed by atoms with Gasteiger partial charge in [-0.15, -0.1) is 0 Å². The number of nitrogens with zero attached hydrogens (tertiary/aromatic N) is 3. The Bertz CT molecular complexity index is 725. The molecule has 1 saturated heterocycles. The summed E-state index contributed by atoms with van der Waals surface area (Å²) in [5, 5.41) is 2.93. The summed E-state index contributed by atoms with van der Waals surface area (Å²) in [6.07, 6.45) is 6.15. The molecule has 0 radical (unpaired) electrons. The van der Waals surface area contributed by atoms with E-state index < -0.39 is 10.0 Å². The molecular formula is C16H25N5O3S. The van der Waals surface area contributed by atoms with E-state index in [1.165, 1.54) is 6.26 Å². The summed E-state index contributed by atoms with van der Waals surface area (Å²) >= 11 is 0. The molecule has 0 spiro atoms. The van der Waals surface area contributed by atoms with Gasteiger partial charge in [0.15, 0.2) is 0 Å². The molecule has 8 nitrogen and oxygen atoms in total. The molecule has 3 rings (SSSR count). The van der Waals surface area contributed by atoms with Crippen LogP contribution in [0, 0.1) is 0 Å². The minimum atomic E-state index is -3.16. The average molecular weight is 367 g/mol. The van der Waals surface area contributed by atoms with Crippen LogP contribution in [-0.2, 0) is 14.8 Å². The van der Waals surface area contributed by atoms with Gasteiger partial charge in [0.1, 0.15) is 12.1 Å². The van der Waals surface area contributed by atoms with Gasteiger partial charge in [0.2, 0.25) is 15.9 Å². The highest BCUT2D eigenvalue weighted by molar-refractivity contribution is 7.88. The minimum absolute atomic E-state index is 0.00222. The zero-order valence-electron chi connectivity index (χ0n) is 14.6. The summed E-state index contributed by atoms with van der Waals surface area (Å²) in [5.41, 5.74) is 1.02. The van der Waals surface area contributed by atoms with E-state index in [1.807, 2.05) is 6.07 Å². The molecule has 9 heteroatoms. The standard InChI is InChI=1S/C16H25N5O3S/c1-11(22)19-14-7-12(8-14)15-9-16(18-10-17-15)21-5-3-13(4-6-21)20-25(2,23)24/h9-10,12-14,20H,3-8H2,1-2H3,(H,19,22). The Labute approximate surface area is 148 Å². The molecule has 2 fully saturated rings. The number of amides is 1. The number of hydrogen-bond acceptors (Lipinski definition) is 6. The predicted molar refractivity (Wildman–Crippen MR) is 94.8 cm³/mol. The third-order valence-corrected chi connectivity index (χ3v) is 5.60. The van der Waals surface area contributed by atoms with Crippen molar-refractivity contribution < 1.29 is 13.2 Å². The van der Waals surface area contributed by atoms with Gasteiger partial charge in [-0.1, -0.05) is 0 Å². The van der Waals surface area contributed by atoms with Gasteiger partial charge in [-0.3, -0.25) is 4.79 Å². The zero-order valence-corrected chi connectivity index (χ0v) is 15.4. The van der Waals surface area contributed by atoms with E-state index in [1.54, 1.807) is 13.3 Å². The molecule has 2 N–H and O–H groups in total. The smallest absolute Gasteiger partial charge is 0.217 e. The number of aromatic nitrogens is 2. The van der Waals surface area contributed by atoms with Crippen molar-refractivity contribution in [1.29, 1.82) is 0 Å². The Morgan fingerprint density at radius 2 is 1.88 bits per heavy atom. The van der Waals surface area contributed by atoms with Crippen molar-refractivity contribution >= 4 is 21.7 Å². The van der Waals surface area contributed by atoms with Crippen molar-refractivity contribution in [2.45, 2.75) is 50.6 Å². The summed E-state index contributed by atoms with van der Waals surface area (Å²) in [7, 11) is -3.16. The third kappa shape index (κ3) is 4.88. The topological polar surface area (TPSA) is 104 Å². The molecule has 0 atom stereocenters. The van der Waals surface area contributed by atoms with E-state index in [0.29, 0.717) is 5.92 Å². The number of rotatable bonds is 5. The van der Waals surface area contributed by atoms with Gasteiger partial charge in [-0.25, -0.2) is 23.1 Å². The van der Waals surface area contributed by atoms with E-state index in [4.69, 9.17) is 0 Å². The van der Waals surface area contributed by atoms with Gasteiger partial charge in [-0.2, -0.15) is 0 Å². The number of hydrogen-bond donors (Lipinski definition) is 2. The molecular weight excluding hydrogens is 342 g/mol. The molecule has 0 bridgehead atoms. The normalized spacial score (nSPS) is 24.6.